The fourth-order valence-electron chi connectivity index (χ4n) is 1.40. The minimum atomic E-state index is 0.340. The second-order valence-electron chi connectivity index (χ2n) is 3.30. The zero-order chi connectivity index (χ0) is 8.55. The molecule has 1 aliphatic heterocycles. The number of hydrogen-bond acceptors (Lipinski definition) is 3. The Balaban J connectivity index is 2.13. The maximum atomic E-state index is 5.67. The zero-order valence-corrected chi connectivity index (χ0v) is 7.20. The summed E-state index contributed by atoms with van der Waals surface area (Å²) in [7, 11) is 0. The van der Waals surface area contributed by atoms with Crippen LogP contribution in [0.25, 0.3) is 0 Å². The van der Waals surface area contributed by atoms with Gasteiger partial charge in [-0.25, -0.2) is 4.98 Å². The Morgan fingerprint density at radius 1 is 1.50 bits per heavy atom. The van der Waals surface area contributed by atoms with Crippen LogP contribution in [0.5, 0.6) is 0 Å². The van der Waals surface area contributed by atoms with Crippen LogP contribution >= 0.6 is 0 Å². The highest BCUT2D eigenvalue weighted by molar-refractivity contribution is 5.42. The van der Waals surface area contributed by atoms with Gasteiger partial charge >= 0.3 is 0 Å². The summed E-state index contributed by atoms with van der Waals surface area (Å²) in [5, 5.41) is 0. The second-order valence-corrected chi connectivity index (χ2v) is 3.30. The lowest BCUT2D eigenvalue weighted by molar-refractivity contribution is 0.514. The number of rotatable bonds is 1. The molecule has 2 rings (SSSR count). The van der Waals surface area contributed by atoms with Crippen molar-refractivity contribution in [2.24, 2.45) is 5.73 Å². The Morgan fingerprint density at radius 2 is 2.25 bits per heavy atom. The van der Waals surface area contributed by atoms with Crippen molar-refractivity contribution in [2.45, 2.75) is 13.0 Å². The molecule has 0 unspecified atom stereocenters. The number of anilines is 1. The van der Waals surface area contributed by atoms with Crippen LogP contribution < -0.4 is 10.6 Å². The molecule has 0 radical (unpaired) electrons. The van der Waals surface area contributed by atoms with Crippen LogP contribution in [0.3, 0.4) is 0 Å². The Bertz CT molecular complexity index is 279. The molecule has 12 heavy (non-hydrogen) atoms. The zero-order valence-electron chi connectivity index (χ0n) is 7.20. The predicted octanol–water partition coefficient (Wildman–Crippen LogP) is 0.537. The Morgan fingerprint density at radius 3 is 2.83 bits per heavy atom. The average molecular weight is 163 g/mol. The van der Waals surface area contributed by atoms with Gasteiger partial charge in [-0.2, -0.15) is 0 Å². The maximum Gasteiger partial charge on any atom is 0.128 e. The third-order valence-electron chi connectivity index (χ3n) is 2.11. The highest BCUT2D eigenvalue weighted by atomic mass is 15.3. The summed E-state index contributed by atoms with van der Waals surface area (Å²) in [6.07, 6.45) is 0. The average Bonchev–Trinajstić information content (AvgIpc) is 1.99. The largest absolute Gasteiger partial charge is 0.353 e. The van der Waals surface area contributed by atoms with Crippen molar-refractivity contribution in [2.75, 3.05) is 18.0 Å². The molecular weight excluding hydrogens is 150 g/mol. The lowest BCUT2D eigenvalue weighted by Crippen LogP contribution is -2.56. The summed E-state index contributed by atoms with van der Waals surface area (Å²) >= 11 is 0. The summed E-state index contributed by atoms with van der Waals surface area (Å²) in [5.41, 5.74) is 6.74. The smallest absolute Gasteiger partial charge is 0.128 e. The topological polar surface area (TPSA) is 42.1 Å². The third-order valence-corrected chi connectivity index (χ3v) is 2.11. The van der Waals surface area contributed by atoms with Crippen LogP contribution in [-0.2, 0) is 0 Å². The predicted molar refractivity (Wildman–Crippen MR) is 49.2 cm³/mol. The van der Waals surface area contributed by atoms with E-state index in [4.69, 9.17) is 5.73 Å². The van der Waals surface area contributed by atoms with E-state index in [1.54, 1.807) is 0 Å². The molecule has 0 aromatic carbocycles. The molecule has 2 heterocycles. The lowest BCUT2D eigenvalue weighted by atomic mass is 10.1. The Kier molecular flexibility index (Phi) is 1.73. The van der Waals surface area contributed by atoms with Crippen molar-refractivity contribution >= 4 is 5.82 Å². The van der Waals surface area contributed by atoms with Crippen LogP contribution in [0.1, 0.15) is 5.69 Å². The van der Waals surface area contributed by atoms with Gasteiger partial charge in [-0.15, -0.1) is 0 Å². The molecule has 1 saturated heterocycles. The Labute approximate surface area is 72.2 Å². The first-order chi connectivity index (χ1) is 5.75. The molecule has 0 saturated carbocycles. The first-order valence-corrected chi connectivity index (χ1v) is 4.20. The minimum Gasteiger partial charge on any atom is -0.353 e. The normalized spacial score (nSPS) is 17.7. The van der Waals surface area contributed by atoms with E-state index in [1.807, 2.05) is 25.1 Å². The van der Waals surface area contributed by atoms with Crippen LogP contribution in [0.2, 0.25) is 0 Å². The van der Waals surface area contributed by atoms with Crippen molar-refractivity contribution in [3.05, 3.63) is 23.9 Å². The highest BCUT2D eigenvalue weighted by Crippen LogP contribution is 2.16. The summed E-state index contributed by atoms with van der Waals surface area (Å²) < 4.78 is 0. The molecule has 0 bridgehead atoms. The summed E-state index contributed by atoms with van der Waals surface area (Å²) in [6.45, 7) is 3.89. The van der Waals surface area contributed by atoms with Gasteiger partial charge in [-0.1, -0.05) is 6.07 Å². The summed E-state index contributed by atoms with van der Waals surface area (Å²) in [4.78, 5) is 6.59. The molecule has 1 aromatic heterocycles. The van der Waals surface area contributed by atoms with Crippen molar-refractivity contribution in [3.8, 4) is 0 Å². The molecule has 1 aromatic rings. The van der Waals surface area contributed by atoms with Gasteiger partial charge in [-0.3, -0.25) is 0 Å². The van der Waals surface area contributed by atoms with E-state index in [0.29, 0.717) is 6.04 Å². The van der Waals surface area contributed by atoms with Crippen LogP contribution in [0, 0.1) is 6.92 Å². The third kappa shape index (κ3) is 1.28. The number of aromatic nitrogens is 1. The Hall–Kier alpha value is -1.09. The molecule has 1 aliphatic rings. The van der Waals surface area contributed by atoms with Crippen molar-refractivity contribution in [1.82, 2.24) is 4.98 Å². The molecular formula is C9H13N3. The van der Waals surface area contributed by atoms with Crippen molar-refractivity contribution < 1.29 is 0 Å². The number of aryl methyl sites for hydroxylation is 1. The van der Waals surface area contributed by atoms with Crippen molar-refractivity contribution in [1.29, 1.82) is 0 Å². The number of nitrogens with two attached hydrogens (primary N) is 1. The van der Waals surface area contributed by atoms with Crippen LogP contribution in [-0.4, -0.2) is 24.1 Å². The van der Waals surface area contributed by atoms with E-state index in [1.165, 1.54) is 0 Å². The quantitative estimate of drug-likeness (QED) is 0.657. The van der Waals surface area contributed by atoms with Gasteiger partial charge in [0.2, 0.25) is 0 Å². The molecule has 0 amide bonds. The van der Waals surface area contributed by atoms with E-state index in [-0.39, 0.29) is 0 Å². The second kappa shape index (κ2) is 2.75. The van der Waals surface area contributed by atoms with Crippen LogP contribution in [0.15, 0.2) is 18.2 Å². The first kappa shape index (κ1) is 7.55. The van der Waals surface area contributed by atoms with Gasteiger partial charge in [0.05, 0.1) is 0 Å². The fourth-order valence-corrected chi connectivity index (χ4v) is 1.40. The minimum absolute atomic E-state index is 0.340. The molecule has 64 valence electrons. The molecule has 0 atom stereocenters. The maximum absolute atomic E-state index is 5.67. The molecule has 0 spiro atoms. The highest BCUT2D eigenvalue weighted by Gasteiger charge is 2.23. The van der Waals surface area contributed by atoms with E-state index >= 15 is 0 Å². The lowest BCUT2D eigenvalue weighted by Gasteiger charge is -2.37. The van der Waals surface area contributed by atoms with E-state index in [9.17, 15) is 0 Å². The number of pyridine rings is 1. The van der Waals surface area contributed by atoms with E-state index in [2.05, 4.69) is 9.88 Å². The summed E-state index contributed by atoms with van der Waals surface area (Å²) in [6, 6.07) is 6.40. The van der Waals surface area contributed by atoms with Gasteiger partial charge in [0.15, 0.2) is 0 Å². The first-order valence-electron chi connectivity index (χ1n) is 4.20. The number of nitrogens with zero attached hydrogens (tertiary/aromatic N) is 2. The van der Waals surface area contributed by atoms with Gasteiger partial charge in [0.1, 0.15) is 5.82 Å². The molecule has 3 heteroatoms. The van der Waals surface area contributed by atoms with Crippen molar-refractivity contribution in [3.63, 3.8) is 0 Å². The van der Waals surface area contributed by atoms with E-state index < -0.39 is 0 Å². The van der Waals surface area contributed by atoms with Gasteiger partial charge in [0.25, 0.3) is 0 Å². The molecule has 3 nitrogen and oxygen atoms in total. The SMILES string of the molecule is Cc1cccc(N2CC(N)C2)n1. The fraction of sp³-hybridized carbons (Fsp3) is 0.444. The monoisotopic (exact) mass is 163 g/mol. The molecule has 2 N–H and O–H groups in total. The molecule has 0 aliphatic carbocycles. The van der Waals surface area contributed by atoms with Gasteiger partial charge < -0.3 is 10.6 Å². The number of hydrogen-bond donors (Lipinski definition) is 1. The van der Waals surface area contributed by atoms with E-state index in [0.717, 1.165) is 24.6 Å². The van der Waals surface area contributed by atoms with Gasteiger partial charge in [-0.05, 0) is 19.1 Å². The van der Waals surface area contributed by atoms with Crippen LogP contribution in [0.4, 0.5) is 5.82 Å². The molecule has 1 fully saturated rings. The standard InChI is InChI=1S/C9H13N3/c1-7-3-2-4-9(11-7)12-5-8(10)6-12/h2-4,8H,5-6,10H2,1H3. The van der Waals surface area contributed by atoms with Gasteiger partial charge in [0, 0.05) is 24.8 Å². The summed E-state index contributed by atoms with van der Waals surface area (Å²) in [5.74, 6) is 1.05.